The Balaban J connectivity index is 1.80. The molecule has 3 rings (SSSR count). The number of aromatic nitrogens is 4. The number of nitrogens with two attached hydrogens (primary N) is 1. The van der Waals surface area contributed by atoms with E-state index in [4.69, 9.17) is 22.1 Å². The van der Waals surface area contributed by atoms with Gasteiger partial charge in [0, 0.05) is 30.6 Å². The number of hydrogen-bond donors (Lipinski definition) is 1. The minimum absolute atomic E-state index is 0.00172. The van der Waals surface area contributed by atoms with Crippen molar-refractivity contribution in [2.24, 2.45) is 5.92 Å². The van der Waals surface area contributed by atoms with Crippen molar-refractivity contribution in [3.63, 3.8) is 0 Å². The molecule has 7 nitrogen and oxygen atoms in total. The molecule has 0 aromatic carbocycles. The standard InChI is InChI=1S/C22H30ClF3N6O/c1-11(2)31-8-14(9-31)16(13(4)33-5)18(24)15(23)7-6-12(3)32-22-17(19(30-32)20(25)26)21(27)28-10-29-22/h10-12,14,20H,6-9H2,1-5H3,(H2,27,28,29)/b16-13+,18-15-. The predicted molar refractivity (Wildman–Crippen MR) is 123 cm³/mol. The molecule has 33 heavy (non-hydrogen) atoms. The van der Waals surface area contributed by atoms with Crippen LogP contribution in [0.2, 0.25) is 0 Å². The first-order valence-corrected chi connectivity index (χ1v) is 11.2. The Morgan fingerprint density at radius 3 is 2.52 bits per heavy atom. The third-order valence-corrected chi connectivity index (χ3v) is 6.51. The van der Waals surface area contributed by atoms with E-state index in [0.717, 1.165) is 13.1 Å². The topological polar surface area (TPSA) is 82.1 Å². The van der Waals surface area contributed by atoms with Gasteiger partial charge in [-0.2, -0.15) is 5.10 Å². The van der Waals surface area contributed by atoms with Crippen LogP contribution >= 0.6 is 11.6 Å². The first-order valence-electron chi connectivity index (χ1n) is 10.9. The molecule has 1 saturated heterocycles. The predicted octanol–water partition coefficient (Wildman–Crippen LogP) is 5.37. The summed E-state index contributed by atoms with van der Waals surface area (Å²) in [6.45, 7) is 9.18. The fourth-order valence-electron chi connectivity index (χ4n) is 4.04. The van der Waals surface area contributed by atoms with Crippen LogP contribution in [0.4, 0.5) is 19.0 Å². The molecule has 0 saturated carbocycles. The zero-order valence-corrected chi connectivity index (χ0v) is 20.2. The van der Waals surface area contributed by atoms with Gasteiger partial charge < -0.3 is 10.5 Å². The van der Waals surface area contributed by atoms with E-state index in [9.17, 15) is 8.78 Å². The Kier molecular flexibility index (Phi) is 7.89. The number of ether oxygens (including phenoxy) is 1. The number of nitrogen functional groups attached to an aromatic ring is 1. The number of methoxy groups -OCH3 is 1. The molecule has 0 radical (unpaired) electrons. The Hall–Kier alpha value is -2.33. The Morgan fingerprint density at radius 2 is 1.94 bits per heavy atom. The molecule has 182 valence electrons. The van der Waals surface area contributed by atoms with Crippen LogP contribution in [0, 0.1) is 5.92 Å². The van der Waals surface area contributed by atoms with E-state index >= 15 is 4.39 Å². The summed E-state index contributed by atoms with van der Waals surface area (Å²) in [5, 5.41) is 4.12. The molecule has 11 heteroatoms. The van der Waals surface area contributed by atoms with E-state index in [1.54, 1.807) is 13.8 Å². The van der Waals surface area contributed by atoms with Crippen LogP contribution in [0.25, 0.3) is 11.0 Å². The number of nitrogens with zero attached hydrogens (tertiary/aromatic N) is 5. The monoisotopic (exact) mass is 486 g/mol. The van der Waals surface area contributed by atoms with Gasteiger partial charge in [-0.3, -0.25) is 4.90 Å². The van der Waals surface area contributed by atoms with Gasteiger partial charge in [0.05, 0.1) is 29.3 Å². The highest BCUT2D eigenvalue weighted by molar-refractivity contribution is 6.30. The number of alkyl halides is 2. The third-order valence-electron chi connectivity index (χ3n) is 6.16. The number of rotatable bonds is 9. The molecule has 0 spiro atoms. The van der Waals surface area contributed by atoms with Crippen LogP contribution in [-0.2, 0) is 4.74 Å². The van der Waals surface area contributed by atoms with Crippen LogP contribution in [-0.4, -0.2) is 50.9 Å². The van der Waals surface area contributed by atoms with Gasteiger partial charge in [0.15, 0.2) is 5.65 Å². The fourth-order valence-corrected chi connectivity index (χ4v) is 4.26. The number of hydrogen-bond acceptors (Lipinski definition) is 6. The highest BCUT2D eigenvalue weighted by atomic mass is 35.5. The summed E-state index contributed by atoms with van der Waals surface area (Å²) in [5.41, 5.74) is 6.01. The second-order valence-corrected chi connectivity index (χ2v) is 9.07. The SMILES string of the molecule is CO/C(C)=C(/C(F)=C(/Cl)CCC(C)n1nc(C(F)F)c2c(N)ncnc21)C1CN(C(C)C)C1. The summed E-state index contributed by atoms with van der Waals surface area (Å²) >= 11 is 6.39. The van der Waals surface area contributed by atoms with E-state index in [1.165, 1.54) is 18.1 Å². The minimum atomic E-state index is -2.83. The minimum Gasteiger partial charge on any atom is -0.501 e. The van der Waals surface area contributed by atoms with Crippen LogP contribution in [0.5, 0.6) is 0 Å². The second kappa shape index (κ2) is 10.3. The van der Waals surface area contributed by atoms with Gasteiger partial charge in [0.25, 0.3) is 6.43 Å². The first kappa shape index (κ1) is 25.3. The average molecular weight is 487 g/mol. The van der Waals surface area contributed by atoms with Gasteiger partial charge in [0.2, 0.25) is 0 Å². The zero-order valence-electron chi connectivity index (χ0n) is 19.4. The summed E-state index contributed by atoms with van der Waals surface area (Å²) < 4.78 is 49.1. The molecule has 3 heterocycles. The van der Waals surface area contributed by atoms with Crippen molar-refractivity contribution < 1.29 is 17.9 Å². The maximum atomic E-state index is 15.4. The van der Waals surface area contributed by atoms with Crippen LogP contribution in [0.1, 0.15) is 58.7 Å². The Labute approximate surface area is 196 Å². The summed E-state index contributed by atoms with van der Waals surface area (Å²) in [6, 6.07) is 0.000482. The first-order chi connectivity index (χ1) is 15.6. The lowest BCUT2D eigenvalue weighted by molar-refractivity contribution is 0.0838. The highest BCUT2D eigenvalue weighted by Crippen LogP contribution is 2.37. The summed E-state index contributed by atoms with van der Waals surface area (Å²) in [7, 11) is 1.51. The molecule has 2 aromatic heterocycles. The highest BCUT2D eigenvalue weighted by Gasteiger charge is 2.35. The number of fused-ring (bicyclic) bond motifs is 1. The largest absolute Gasteiger partial charge is 0.501 e. The molecule has 1 aliphatic rings. The summed E-state index contributed by atoms with van der Waals surface area (Å²) in [6.07, 6.45) is -1.07. The zero-order chi connectivity index (χ0) is 24.4. The summed E-state index contributed by atoms with van der Waals surface area (Å²) in [4.78, 5) is 10.1. The van der Waals surface area contributed by atoms with Crippen LogP contribution in [0.15, 0.2) is 28.5 Å². The lowest BCUT2D eigenvalue weighted by Crippen LogP contribution is -2.51. The smallest absolute Gasteiger partial charge is 0.282 e. The van der Waals surface area contributed by atoms with E-state index in [0.29, 0.717) is 23.8 Å². The lowest BCUT2D eigenvalue weighted by Gasteiger charge is -2.43. The van der Waals surface area contributed by atoms with Crippen molar-refractivity contribution in [2.45, 2.75) is 59.0 Å². The number of likely N-dealkylation sites (tertiary alicyclic amines) is 1. The molecule has 1 fully saturated rings. The molecule has 2 aromatic rings. The maximum absolute atomic E-state index is 15.4. The van der Waals surface area contributed by atoms with E-state index in [-0.39, 0.29) is 40.3 Å². The normalized spacial score (nSPS) is 17.9. The van der Waals surface area contributed by atoms with E-state index in [2.05, 4.69) is 33.8 Å². The molecule has 0 aliphatic carbocycles. The molecular formula is C22H30ClF3N6O. The van der Waals surface area contributed by atoms with Crippen LogP contribution < -0.4 is 5.73 Å². The maximum Gasteiger partial charge on any atom is 0.282 e. The van der Waals surface area contributed by atoms with Crippen molar-refractivity contribution in [3.05, 3.63) is 34.2 Å². The van der Waals surface area contributed by atoms with E-state index in [1.807, 2.05) is 0 Å². The second-order valence-electron chi connectivity index (χ2n) is 8.61. The number of anilines is 1. The quantitative estimate of drug-likeness (QED) is 0.379. The molecular weight excluding hydrogens is 457 g/mol. The average Bonchev–Trinajstić information content (AvgIpc) is 3.14. The third kappa shape index (κ3) is 5.11. The van der Waals surface area contributed by atoms with Crippen LogP contribution in [0.3, 0.4) is 0 Å². The van der Waals surface area contributed by atoms with Gasteiger partial charge in [0.1, 0.15) is 23.7 Å². The van der Waals surface area contributed by atoms with Crippen molar-refractivity contribution >= 4 is 28.5 Å². The van der Waals surface area contributed by atoms with Gasteiger partial charge in [-0.25, -0.2) is 27.8 Å². The molecule has 2 N–H and O–H groups in total. The summed E-state index contributed by atoms with van der Waals surface area (Å²) in [5.74, 6) is -0.0407. The van der Waals surface area contributed by atoms with Gasteiger partial charge in [-0.1, -0.05) is 11.6 Å². The van der Waals surface area contributed by atoms with Gasteiger partial charge in [-0.15, -0.1) is 0 Å². The fraction of sp³-hybridized carbons (Fsp3) is 0.591. The van der Waals surface area contributed by atoms with Crippen molar-refractivity contribution in [3.8, 4) is 0 Å². The number of allylic oxidation sites excluding steroid dienone is 3. The number of halogens is 4. The molecule has 1 unspecified atom stereocenters. The molecule has 1 atom stereocenters. The Bertz CT molecular complexity index is 1060. The molecule has 1 aliphatic heterocycles. The van der Waals surface area contributed by atoms with E-state index < -0.39 is 17.9 Å². The van der Waals surface area contributed by atoms with Gasteiger partial charge in [-0.05, 0) is 40.5 Å². The lowest BCUT2D eigenvalue weighted by atomic mass is 9.88. The van der Waals surface area contributed by atoms with Gasteiger partial charge >= 0.3 is 0 Å². The van der Waals surface area contributed by atoms with Crippen molar-refractivity contribution in [1.29, 1.82) is 0 Å². The Morgan fingerprint density at radius 1 is 1.27 bits per heavy atom. The van der Waals surface area contributed by atoms with Crippen molar-refractivity contribution in [1.82, 2.24) is 24.6 Å². The van der Waals surface area contributed by atoms with Crippen molar-refractivity contribution in [2.75, 3.05) is 25.9 Å². The molecule has 0 bridgehead atoms. The molecule has 0 amide bonds.